The minimum absolute atomic E-state index is 0.0149. The van der Waals surface area contributed by atoms with Crippen molar-refractivity contribution < 1.29 is 27.9 Å². The molecule has 0 aliphatic rings. The van der Waals surface area contributed by atoms with E-state index in [2.05, 4.69) is 4.98 Å². The van der Waals surface area contributed by atoms with Crippen LogP contribution in [0.25, 0.3) is 33.3 Å². The van der Waals surface area contributed by atoms with Crippen LogP contribution in [0.1, 0.15) is 26.3 Å². The molecule has 0 aliphatic heterocycles. The van der Waals surface area contributed by atoms with Gasteiger partial charge in [0, 0.05) is 22.2 Å². The van der Waals surface area contributed by atoms with E-state index in [1.54, 1.807) is 24.3 Å². The highest BCUT2D eigenvalue weighted by Gasteiger charge is 2.30. The number of benzene rings is 3. The molecule has 0 fully saturated rings. The number of carbonyl (C=O) groups is 2. The highest BCUT2D eigenvalue weighted by Crippen LogP contribution is 2.34. The van der Waals surface area contributed by atoms with Gasteiger partial charge in [0.15, 0.2) is 0 Å². The van der Waals surface area contributed by atoms with E-state index in [0.29, 0.717) is 33.3 Å². The lowest BCUT2D eigenvalue weighted by atomic mass is 9.97. The molecule has 3 aromatic carbocycles. The van der Waals surface area contributed by atoms with Gasteiger partial charge in [-0.2, -0.15) is 13.2 Å². The molecule has 0 spiro atoms. The third-order valence-electron chi connectivity index (χ3n) is 4.94. The van der Waals surface area contributed by atoms with Crippen molar-refractivity contribution >= 4 is 22.8 Å². The lowest BCUT2D eigenvalue weighted by molar-refractivity contribution is -0.137. The van der Waals surface area contributed by atoms with Crippen LogP contribution in [0.5, 0.6) is 0 Å². The van der Waals surface area contributed by atoms with E-state index in [0.717, 1.165) is 12.1 Å². The highest BCUT2D eigenvalue weighted by molar-refractivity contribution is 5.95. The van der Waals surface area contributed by atoms with E-state index in [1.165, 1.54) is 30.3 Å². The second-order valence-electron chi connectivity index (χ2n) is 7.03. The van der Waals surface area contributed by atoms with Gasteiger partial charge in [0.2, 0.25) is 5.91 Å². The molecule has 0 radical (unpaired) electrons. The zero-order valence-corrected chi connectivity index (χ0v) is 15.8. The number of halogens is 3. The number of alkyl halides is 3. The summed E-state index contributed by atoms with van der Waals surface area (Å²) in [6, 6.07) is 16.0. The first-order valence-electron chi connectivity index (χ1n) is 9.11. The zero-order chi connectivity index (χ0) is 22.3. The van der Waals surface area contributed by atoms with Crippen LogP contribution in [-0.4, -0.2) is 22.0 Å². The Labute approximate surface area is 173 Å². The number of carboxylic acid groups (broad SMARTS) is 1. The number of aromatic nitrogens is 1. The Morgan fingerprint density at radius 1 is 0.806 bits per heavy atom. The van der Waals surface area contributed by atoms with Gasteiger partial charge in [-0.05, 0) is 65.2 Å². The molecule has 4 aromatic rings. The SMILES string of the molecule is NC(=O)c1ccc(-c2cc(C(=O)O)cc(-c3cc4ccc(C(F)(F)F)cc4[nH]3)c2)cc1. The third kappa shape index (κ3) is 4.00. The molecule has 0 saturated heterocycles. The molecule has 0 atom stereocenters. The van der Waals surface area contributed by atoms with E-state index in [1.807, 2.05) is 0 Å². The summed E-state index contributed by atoms with van der Waals surface area (Å²) >= 11 is 0. The summed E-state index contributed by atoms with van der Waals surface area (Å²) in [6.45, 7) is 0. The number of H-pyrrole nitrogens is 1. The number of fused-ring (bicyclic) bond motifs is 1. The first-order chi connectivity index (χ1) is 14.6. The van der Waals surface area contributed by atoms with Gasteiger partial charge < -0.3 is 15.8 Å². The number of hydrogen-bond donors (Lipinski definition) is 3. The number of aromatic carboxylic acids is 1. The number of nitrogens with one attached hydrogen (secondary N) is 1. The normalized spacial score (nSPS) is 11.6. The number of amides is 1. The predicted molar refractivity (Wildman–Crippen MR) is 110 cm³/mol. The van der Waals surface area contributed by atoms with Crippen LogP contribution < -0.4 is 5.73 Å². The summed E-state index contributed by atoms with van der Waals surface area (Å²) in [5, 5.41) is 10.1. The first kappa shape index (κ1) is 20.2. The maximum absolute atomic E-state index is 13.0. The van der Waals surface area contributed by atoms with Crippen molar-refractivity contribution in [2.75, 3.05) is 0 Å². The first-order valence-corrected chi connectivity index (χ1v) is 9.11. The van der Waals surface area contributed by atoms with Gasteiger partial charge >= 0.3 is 12.1 Å². The summed E-state index contributed by atoms with van der Waals surface area (Å²) in [6.07, 6.45) is -4.47. The maximum Gasteiger partial charge on any atom is 0.416 e. The maximum atomic E-state index is 13.0. The monoisotopic (exact) mass is 424 g/mol. The number of hydrogen-bond acceptors (Lipinski definition) is 2. The Kier molecular flexibility index (Phi) is 4.77. The van der Waals surface area contributed by atoms with Crippen LogP contribution in [0, 0.1) is 0 Å². The lowest BCUT2D eigenvalue weighted by Crippen LogP contribution is -2.10. The van der Waals surface area contributed by atoms with Crippen LogP contribution >= 0.6 is 0 Å². The van der Waals surface area contributed by atoms with Crippen molar-refractivity contribution in [2.45, 2.75) is 6.18 Å². The number of carboxylic acids is 1. The third-order valence-corrected chi connectivity index (χ3v) is 4.94. The van der Waals surface area contributed by atoms with Crippen molar-refractivity contribution in [3.05, 3.63) is 83.4 Å². The Hall–Kier alpha value is -4.07. The molecule has 1 aromatic heterocycles. The largest absolute Gasteiger partial charge is 0.478 e. The van der Waals surface area contributed by atoms with Crippen LogP contribution in [0.3, 0.4) is 0 Å². The molecule has 4 N–H and O–H groups in total. The van der Waals surface area contributed by atoms with E-state index >= 15 is 0 Å². The summed E-state index contributed by atoms with van der Waals surface area (Å²) in [5.74, 6) is -1.73. The summed E-state index contributed by atoms with van der Waals surface area (Å²) < 4.78 is 39.0. The Bertz CT molecular complexity index is 1320. The lowest BCUT2D eigenvalue weighted by Gasteiger charge is -2.08. The molecule has 156 valence electrons. The molecule has 0 saturated carbocycles. The van der Waals surface area contributed by atoms with Gasteiger partial charge in [0.25, 0.3) is 0 Å². The molecular formula is C23H15F3N2O3. The van der Waals surface area contributed by atoms with Gasteiger partial charge in [-0.1, -0.05) is 18.2 Å². The van der Waals surface area contributed by atoms with Crippen molar-refractivity contribution in [2.24, 2.45) is 5.73 Å². The smallest absolute Gasteiger partial charge is 0.416 e. The van der Waals surface area contributed by atoms with E-state index < -0.39 is 23.6 Å². The van der Waals surface area contributed by atoms with Crippen molar-refractivity contribution in [1.29, 1.82) is 0 Å². The van der Waals surface area contributed by atoms with Gasteiger partial charge in [-0.15, -0.1) is 0 Å². The van der Waals surface area contributed by atoms with Crippen LogP contribution in [0.4, 0.5) is 13.2 Å². The topological polar surface area (TPSA) is 96.2 Å². The molecule has 8 heteroatoms. The van der Waals surface area contributed by atoms with Crippen molar-refractivity contribution in [1.82, 2.24) is 4.98 Å². The van der Waals surface area contributed by atoms with Gasteiger partial charge in [-0.25, -0.2) is 4.79 Å². The van der Waals surface area contributed by atoms with E-state index in [-0.39, 0.29) is 11.1 Å². The summed E-state index contributed by atoms with van der Waals surface area (Å²) in [5.41, 5.74) is 7.30. The van der Waals surface area contributed by atoms with Crippen molar-refractivity contribution in [3.63, 3.8) is 0 Å². The van der Waals surface area contributed by atoms with E-state index in [9.17, 15) is 27.9 Å². The average Bonchev–Trinajstić information content (AvgIpc) is 3.16. The molecule has 4 rings (SSSR count). The zero-order valence-electron chi connectivity index (χ0n) is 15.8. The number of rotatable bonds is 4. The molecular weight excluding hydrogens is 409 g/mol. The Balaban J connectivity index is 1.82. The van der Waals surface area contributed by atoms with Crippen LogP contribution in [0.2, 0.25) is 0 Å². The average molecular weight is 424 g/mol. The van der Waals surface area contributed by atoms with Gasteiger partial charge in [0.05, 0.1) is 11.1 Å². The number of carbonyl (C=O) groups excluding carboxylic acids is 1. The molecule has 5 nitrogen and oxygen atoms in total. The molecule has 31 heavy (non-hydrogen) atoms. The molecule has 0 bridgehead atoms. The Morgan fingerprint density at radius 2 is 1.48 bits per heavy atom. The fourth-order valence-corrected chi connectivity index (χ4v) is 3.36. The van der Waals surface area contributed by atoms with Gasteiger partial charge in [0.1, 0.15) is 0 Å². The number of nitrogens with two attached hydrogens (primary N) is 1. The van der Waals surface area contributed by atoms with Crippen molar-refractivity contribution in [3.8, 4) is 22.4 Å². The number of aromatic amines is 1. The Morgan fingerprint density at radius 3 is 2.10 bits per heavy atom. The molecule has 1 heterocycles. The minimum Gasteiger partial charge on any atom is -0.478 e. The fourth-order valence-electron chi connectivity index (χ4n) is 3.36. The van der Waals surface area contributed by atoms with E-state index in [4.69, 9.17) is 5.73 Å². The second kappa shape index (κ2) is 7.32. The summed E-state index contributed by atoms with van der Waals surface area (Å²) in [4.78, 5) is 25.9. The van der Waals surface area contributed by atoms with Crippen LogP contribution in [-0.2, 0) is 6.18 Å². The molecule has 0 unspecified atom stereocenters. The highest BCUT2D eigenvalue weighted by atomic mass is 19.4. The molecule has 0 aliphatic carbocycles. The second-order valence-corrected chi connectivity index (χ2v) is 7.03. The van der Waals surface area contributed by atoms with Gasteiger partial charge in [-0.3, -0.25) is 4.79 Å². The quantitative estimate of drug-likeness (QED) is 0.414. The summed E-state index contributed by atoms with van der Waals surface area (Å²) in [7, 11) is 0. The molecule has 1 amide bonds. The number of primary amides is 1. The fraction of sp³-hybridized carbons (Fsp3) is 0.0435. The standard InChI is InChI=1S/C23H15F3N2O3/c24-23(25,26)18-6-5-14-10-19(28-20(14)11-18)16-7-15(8-17(9-16)22(30)31)12-1-3-13(4-2-12)21(27)29/h1-11,28H,(H2,27,29)(H,30,31). The van der Waals surface area contributed by atoms with Crippen LogP contribution in [0.15, 0.2) is 66.7 Å². The minimum atomic E-state index is -4.47. The predicted octanol–water partition coefficient (Wildman–Crippen LogP) is 5.32.